The minimum atomic E-state index is -3.84. The van der Waals surface area contributed by atoms with Crippen molar-refractivity contribution in [2.24, 2.45) is 0 Å². The SMILES string of the molecule is COc1ccccc1N1CCN(c2cc(C(=O)O)c3cc(NS(=O)(=O)c4ccccc4C)ccc3n2)CC1.Cl.Cl.Cl. The van der Waals surface area contributed by atoms with Gasteiger partial charge >= 0.3 is 5.97 Å². The first-order valence-electron chi connectivity index (χ1n) is 12.2. The van der Waals surface area contributed by atoms with E-state index >= 15 is 0 Å². The molecule has 13 heteroatoms. The average molecular weight is 642 g/mol. The van der Waals surface area contributed by atoms with E-state index in [1.165, 1.54) is 12.1 Å². The van der Waals surface area contributed by atoms with Crippen LogP contribution in [0.25, 0.3) is 10.9 Å². The summed E-state index contributed by atoms with van der Waals surface area (Å²) in [7, 11) is -2.19. The first-order valence-corrected chi connectivity index (χ1v) is 13.6. The molecule has 0 atom stereocenters. The molecule has 0 aliphatic carbocycles. The highest BCUT2D eigenvalue weighted by molar-refractivity contribution is 7.92. The molecule has 2 N–H and O–H groups in total. The van der Waals surface area contributed by atoms with Crippen molar-refractivity contribution < 1.29 is 23.1 Å². The number of methoxy groups -OCH3 is 1. The molecule has 1 fully saturated rings. The third-order valence-electron chi connectivity index (χ3n) is 6.69. The maximum Gasteiger partial charge on any atom is 0.336 e. The second-order valence-corrected chi connectivity index (χ2v) is 10.7. The number of carboxylic acid groups (broad SMARTS) is 1. The lowest BCUT2D eigenvalue weighted by molar-refractivity contribution is 0.0699. The maximum atomic E-state index is 12.9. The Labute approximate surface area is 257 Å². The summed E-state index contributed by atoms with van der Waals surface area (Å²) >= 11 is 0. The number of piperazine rings is 1. The Morgan fingerprint density at radius 2 is 1.54 bits per heavy atom. The van der Waals surface area contributed by atoms with Gasteiger partial charge in [-0.3, -0.25) is 4.72 Å². The van der Waals surface area contributed by atoms with E-state index in [4.69, 9.17) is 9.72 Å². The van der Waals surface area contributed by atoms with Crippen molar-refractivity contribution in [3.8, 4) is 5.75 Å². The fourth-order valence-corrected chi connectivity index (χ4v) is 6.05. The molecule has 0 bridgehead atoms. The Kier molecular flexibility index (Phi) is 11.5. The fraction of sp³-hybridized carbons (Fsp3) is 0.214. The van der Waals surface area contributed by atoms with Crippen LogP contribution in [0.3, 0.4) is 0 Å². The van der Waals surface area contributed by atoms with Crippen molar-refractivity contribution in [1.29, 1.82) is 0 Å². The standard InChI is InChI=1S/C28H28N4O5S.3ClH/c1-19-7-3-6-10-26(19)38(35,36)30-20-11-12-23-21(17-20)22(28(33)34)18-27(29-23)32-15-13-31(14-16-32)24-8-4-5-9-25(24)37-2;;;/h3-12,17-18,30H,13-16H2,1-2H3,(H,33,34);3*1H. The van der Waals surface area contributed by atoms with Crippen LogP contribution in [0.4, 0.5) is 17.2 Å². The molecular weight excluding hydrogens is 611 g/mol. The van der Waals surface area contributed by atoms with Crippen molar-refractivity contribution in [2.45, 2.75) is 11.8 Å². The fourth-order valence-electron chi connectivity index (χ4n) is 4.75. The number of pyridine rings is 1. The number of aryl methyl sites for hydroxylation is 1. The predicted molar refractivity (Wildman–Crippen MR) is 170 cm³/mol. The number of hydrogen-bond donors (Lipinski definition) is 2. The second kappa shape index (κ2) is 14.0. The largest absolute Gasteiger partial charge is 0.495 e. The molecule has 0 amide bonds. The molecule has 0 saturated carbocycles. The molecule has 41 heavy (non-hydrogen) atoms. The average Bonchev–Trinajstić information content (AvgIpc) is 2.92. The number of anilines is 3. The molecule has 220 valence electrons. The summed E-state index contributed by atoms with van der Waals surface area (Å²) in [4.78, 5) is 21.4. The Morgan fingerprint density at radius 3 is 2.20 bits per heavy atom. The Bertz CT molecular complexity index is 1630. The number of aromatic nitrogens is 1. The number of halogens is 3. The molecule has 0 unspecified atom stereocenters. The second-order valence-electron chi connectivity index (χ2n) is 9.08. The lowest BCUT2D eigenvalue weighted by atomic mass is 10.1. The van der Waals surface area contributed by atoms with Gasteiger partial charge in [-0.25, -0.2) is 18.2 Å². The minimum Gasteiger partial charge on any atom is -0.495 e. The molecule has 2 heterocycles. The summed E-state index contributed by atoms with van der Waals surface area (Å²) in [6, 6.07) is 20.9. The van der Waals surface area contributed by atoms with E-state index in [0.717, 1.165) is 24.5 Å². The molecule has 1 aromatic heterocycles. The molecule has 1 aliphatic rings. The molecule has 9 nitrogen and oxygen atoms in total. The van der Waals surface area contributed by atoms with E-state index in [1.807, 2.05) is 24.3 Å². The van der Waals surface area contributed by atoms with Crippen molar-refractivity contribution in [1.82, 2.24) is 4.98 Å². The van der Waals surface area contributed by atoms with Crippen LogP contribution >= 0.6 is 37.2 Å². The number of ether oxygens (including phenoxy) is 1. The third-order valence-corrected chi connectivity index (χ3v) is 8.23. The van der Waals surface area contributed by atoms with Gasteiger partial charge in [0.15, 0.2) is 0 Å². The van der Waals surface area contributed by atoms with Gasteiger partial charge < -0.3 is 19.6 Å². The number of hydrogen-bond acceptors (Lipinski definition) is 7. The topological polar surface area (TPSA) is 112 Å². The highest BCUT2D eigenvalue weighted by Crippen LogP contribution is 2.31. The lowest BCUT2D eigenvalue weighted by Crippen LogP contribution is -2.47. The minimum absolute atomic E-state index is 0. The van der Waals surface area contributed by atoms with Crippen LogP contribution in [0, 0.1) is 6.92 Å². The van der Waals surface area contributed by atoms with Gasteiger partial charge in [0.05, 0.1) is 28.8 Å². The summed E-state index contributed by atoms with van der Waals surface area (Å²) in [5.41, 5.74) is 2.44. The summed E-state index contributed by atoms with van der Waals surface area (Å²) in [5.74, 6) is 0.278. The van der Waals surface area contributed by atoms with E-state index in [2.05, 4.69) is 14.5 Å². The molecular formula is C28H31Cl3N4O5S. The van der Waals surface area contributed by atoms with E-state index in [0.29, 0.717) is 35.4 Å². The Balaban J connectivity index is 0.00000196. The van der Waals surface area contributed by atoms with Crippen molar-refractivity contribution >= 4 is 81.3 Å². The molecule has 1 aliphatic heterocycles. The number of aromatic carboxylic acids is 1. The number of carboxylic acids is 1. The predicted octanol–water partition coefficient (Wildman–Crippen LogP) is 5.64. The van der Waals surface area contributed by atoms with E-state index in [9.17, 15) is 18.3 Å². The smallest absolute Gasteiger partial charge is 0.336 e. The van der Waals surface area contributed by atoms with Crippen molar-refractivity contribution in [2.75, 3.05) is 47.8 Å². The molecule has 5 rings (SSSR count). The molecule has 4 aromatic rings. The Morgan fingerprint density at radius 1 is 0.902 bits per heavy atom. The molecule has 0 radical (unpaired) electrons. The van der Waals surface area contributed by atoms with Crippen LogP contribution < -0.4 is 19.3 Å². The van der Waals surface area contributed by atoms with Crippen molar-refractivity contribution in [3.63, 3.8) is 0 Å². The number of nitrogens with one attached hydrogen (secondary N) is 1. The van der Waals surface area contributed by atoms with Gasteiger partial charge in [0, 0.05) is 37.3 Å². The number of para-hydroxylation sites is 2. The summed E-state index contributed by atoms with van der Waals surface area (Å²) < 4.78 is 34.0. The summed E-state index contributed by atoms with van der Waals surface area (Å²) in [5, 5.41) is 10.3. The lowest BCUT2D eigenvalue weighted by Gasteiger charge is -2.37. The van der Waals surface area contributed by atoms with Gasteiger partial charge in [-0.2, -0.15) is 0 Å². The van der Waals surface area contributed by atoms with E-state index < -0.39 is 16.0 Å². The van der Waals surface area contributed by atoms with Gasteiger partial charge in [0.1, 0.15) is 11.6 Å². The van der Waals surface area contributed by atoms with Crippen LogP contribution in [0.5, 0.6) is 5.75 Å². The zero-order chi connectivity index (χ0) is 26.9. The van der Waals surface area contributed by atoms with Crippen LogP contribution in [0.15, 0.2) is 77.7 Å². The van der Waals surface area contributed by atoms with Crippen LogP contribution in [-0.4, -0.2) is 57.8 Å². The monoisotopic (exact) mass is 640 g/mol. The van der Waals surface area contributed by atoms with Crippen LogP contribution in [0.1, 0.15) is 15.9 Å². The van der Waals surface area contributed by atoms with Gasteiger partial charge in [0.25, 0.3) is 10.0 Å². The summed E-state index contributed by atoms with van der Waals surface area (Å²) in [6.07, 6.45) is 0. The van der Waals surface area contributed by atoms with Crippen molar-refractivity contribution in [3.05, 3.63) is 83.9 Å². The third kappa shape index (κ3) is 7.08. The molecule has 0 spiro atoms. The number of fused-ring (bicyclic) bond motifs is 1. The number of sulfonamides is 1. The van der Waals surface area contributed by atoms with Gasteiger partial charge in [-0.1, -0.05) is 30.3 Å². The molecule has 1 saturated heterocycles. The zero-order valence-electron chi connectivity index (χ0n) is 22.3. The Hall–Kier alpha value is -3.44. The van der Waals surface area contributed by atoms with Crippen LogP contribution in [0.2, 0.25) is 0 Å². The normalized spacial score (nSPS) is 12.9. The summed E-state index contributed by atoms with van der Waals surface area (Å²) in [6.45, 7) is 4.48. The number of nitrogens with zero attached hydrogens (tertiary/aromatic N) is 3. The van der Waals surface area contributed by atoms with Gasteiger partial charge in [-0.05, 0) is 55.0 Å². The quantitative estimate of drug-likeness (QED) is 0.267. The number of carbonyl (C=O) groups is 1. The number of rotatable bonds is 7. The van der Waals surface area contributed by atoms with Gasteiger partial charge in [-0.15, -0.1) is 37.2 Å². The highest BCUT2D eigenvalue weighted by atomic mass is 35.5. The first kappa shape index (κ1) is 33.8. The zero-order valence-corrected chi connectivity index (χ0v) is 25.6. The maximum absolute atomic E-state index is 12.9. The van der Waals surface area contributed by atoms with Gasteiger partial charge in [0.2, 0.25) is 0 Å². The van der Waals surface area contributed by atoms with E-state index in [-0.39, 0.29) is 53.4 Å². The number of benzene rings is 3. The first-order chi connectivity index (χ1) is 18.3. The molecule has 3 aromatic carbocycles. The highest BCUT2D eigenvalue weighted by Gasteiger charge is 2.23. The van der Waals surface area contributed by atoms with E-state index in [1.54, 1.807) is 50.4 Å². The van der Waals surface area contributed by atoms with Crippen LogP contribution in [-0.2, 0) is 10.0 Å².